The van der Waals surface area contributed by atoms with Crippen LogP contribution < -0.4 is 19.6 Å². The molecule has 24 heavy (non-hydrogen) atoms. The van der Waals surface area contributed by atoms with Crippen LogP contribution in [0.2, 0.25) is 5.02 Å². The molecule has 2 aromatic rings. The minimum atomic E-state index is -0.383. The van der Waals surface area contributed by atoms with Gasteiger partial charge in [0.25, 0.3) is 5.91 Å². The maximum Gasteiger partial charge on any atom is 0.277 e. The molecule has 1 N–H and O–H groups in total. The molecule has 0 aromatic heterocycles. The number of hydrogen-bond donors (Lipinski definition) is 1. The van der Waals surface area contributed by atoms with E-state index in [1.165, 1.54) is 6.21 Å². The zero-order valence-electron chi connectivity index (χ0n) is 13.3. The van der Waals surface area contributed by atoms with Crippen molar-refractivity contribution in [2.75, 3.05) is 20.8 Å². The van der Waals surface area contributed by atoms with Crippen molar-refractivity contribution < 1.29 is 19.0 Å². The summed E-state index contributed by atoms with van der Waals surface area (Å²) < 4.78 is 15.7. The molecule has 0 aliphatic heterocycles. The quantitative estimate of drug-likeness (QED) is 0.617. The predicted octanol–water partition coefficient (Wildman–Crippen LogP) is 2.89. The predicted molar refractivity (Wildman–Crippen MR) is 92.2 cm³/mol. The van der Waals surface area contributed by atoms with Crippen LogP contribution in [0, 0.1) is 0 Å². The fraction of sp³-hybridized carbons (Fsp3) is 0.176. The molecule has 0 fully saturated rings. The van der Waals surface area contributed by atoms with Gasteiger partial charge in [0.2, 0.25) is 0 Å². The Hall–Kier alpha value is -2.73. The first-order chi connectivity index (χ1) is 11.6. The summed E-state index contributed by atoms with van der Waals surface area (Å²) in [4.78, 5) is 11.7. The number of nitrogens with one attached hydrogen (secondary N) is 1. The molecule has 7 heteroatoms. The summed E-state index contributed by atoms with van der Waals surface area (Å²) in [6.45, 7) is -0.163. The summed E-state index contributed by atoms with van der Waals surface area (Å²) in [5.41, 5.74) is 3.14. The van der Waals surface area contributed by atoms with Gasteiger partial charge < -0.3 is 14.2 Å². The van der Waals surface area contributed by atoms with Crippen molar-refractivity contribution in [2.24, 2.45) is 5.10 Å². The van der Waals surface area contributed by atoms with E-state index >= 15 is 0 Å². The van der Waals surface area contributed by atoms with Crippen molar-refractivity contribution >= 4 is 23.7 Å². The molecule has 0 saturated carbocycles. The van der Waals surface area contributed by atoms with Gasteiger partial charge >= 0.3 is 0 Å². The van der Waals surface area contributed by atoms with Gasteiger partial charge in [-0.2, -0.15) is 5.10 Å². The second kappa shape index (κ2) is 8.79. The molecule has 1 amide bonds. The summed E-state index contributed by atoms with van der Waals surface area (Å²) in [6, 6.07) is 12.1. The molecule has 0 aliphatic rings. The standard InChI is InChI=1S/C17H17ClN2O4/c1-22-15-7-6-12(8-16(15)23-2)10-19-20-17(21)11-24-14-5-3-4-13(18)9-14/h3-10H,11H2,1-2H3,(H,20,21)/b19-10+. The summed E-state index contributed by atoms with van der Waals surface area (Å²) >= 11 is 5.83. The van der Waals surface area contributed by atoms with E-state index in [1.807, 2.05) is 0 Å². The highest BCUT2D eigenvalue weighted by Gasteiger charge is 2.04. The lowest BCUT2D eigenvalue weighted by molar-refractivity contribution is -0.123. The Morgan fingerprint density at radius 1 is 1.17 bits per heavy atom. The molecule has 0 saturated heterocycles. The molecular weight excluding hydrogens is 332 g/mol. The normalized spacial score (nSPS) is 10.5. The number of rotatable bonds is 7. The number of methoxy groups -OCH3 is 2. The Morgan fingerprint density at radius 3 is 2.67 bits per heavy atom. The van der Waals surface area contributed by atoms with E-state index in [0.717, 1.165) is 5.56 Å². The van der Waals surface area contributed by atoms with Gasteiger partial charge in [0.05, 0.1) is 20.4 Å². The Kier molecular flexibility index (Phi) is 6.45. The van der Waals surface area contributed by atoms with Crippen molar-refractivity contribution in [1.82, 2.24) is 5.43 Å². The van der Waals surface area contributed by atoms with E-state index in [0.29, 0.717) is 22.3 Å². The van der Waals surface area contributed by atoms with Crippen LogP contribution in [-0.4, -0.2) is 32.9 Å². The van der Waals surface area contributed by atoms with Crippen LogP contribution in [0.25, 0.3) is 0 Å². The maximum absolute atomic E-state index is 11.7. The van der Waals surface area contributed by atoms with Crippen LogP contribution in [0.4, 0.5) is 0 Å². The van der Waals surface area contributed by atoms with E-state index in [9.17, 15) is 4.79 Å². The van der Waals surface area contributed by atoms with Crippen LogP contribution in [-0.2, 0) is 4.79 Å². The topological polar surface area (TPSA) is 69.2 Å². The van der Waals surface area contributed by atoms with E-state index in [-0.39, 0.29) is 12.5 Å². The van der Waals surface area contributed by atoms with Gasteiger partial charge in [-0.1, -0.05) is 17.7 Å². The van der Waals surface area contributed by atoms with Gasteiger partial charge in [0, 0.05) is 5.02 Å². The van der Waals surface area contributed by atoms with Gasteiger partial charge in [0.1, 0.15) is 5.75 Å². The number of nitrogens with zero attached hydrogens (tertiary/aromatic N) is 1. The van der Waals surface area contributed by atoms with Crippen LogP contribution in [0.15, 0.2) is 47.6 Å². The molecule has 0 spiro atoms. The smallest absolute Gasteiger partial charge is 0.277 e. The minimum absolute atomic E-state index is 0.163. The lowest BCUT2D eigenvalue weighted by atomic mass is 10.2. The highest BCUT2D eigenvalue weighted by molar-refractivity contribution is 6.30. The van der Waals surface area contributed by atoms with E-state index in [1.54, 1.807) is 56.7 Å². The molecule has 0 atom stereocenters. The molecule has 0 aliphatic carbocycles. The third kappa shape index (κ3) is 5.17. The molecule has 0 bridgehead atoms. The fourth-order valence-corrected chi connectivity index (χ4v) is 2.03. The average Bonchev–Trinajstić information content (AvgIpc) is 2.60. The van der Waals surface area contributed by atoms with Crippen LogP contribution >= 0.6 is 11.6 Å². The van der Waals surface area contributed by atoms with Gasteiger partial charge in [0.15, 0.2) is 18.1 Å². The van der Waals surface area contributed by atoms with Gasteiger partial charge in [-0.3, -0.25) is 4.79 Å². The SMILES string of the molecule is COc1ccc(/C=N/NC(=O)COc2cccc(Cl)c2)cc1OC. The first kappa shape index (κ1) is 17.6. The number of halogens is 1. The molecule has 0 radical (unpaired) electrons. The number of benzene rings is 2. The lowest BCUT2D eigenvalue weighted by Crippen LogP contribution is -2.24. The molecule has 6 nitrogen and oxygen atoms in total. The van der Waals surface area contributed by atoms with E-state index in [2.05, 4.69) is 10.5 Å². The number of carbonyl (C=O) groups is 1. The molecule has 0 unspecified atom stereocenters. The zero-order chi connectivity index (χ0) is 17.4. The van der Waals surface area contributed by atoms with Crippen molar-refractivity contribution in [1.29, 1.82) is 0 Å². The van der Waals surface area contributed by atoms with Crippen LogP contribution in [0.5, 0.6) is 17.2 Å². The Morgan fingerprint density at radius 2 is 1.96 bits per heavy atom. The first-order valence-corrected chi connectivity index (χ1v) is 7.42. The number of amides is 1. The van der Waals surface area contributed by atoms with Crippen LogP contribution in [0.1, 0.15) is 5.56 Å². The van der Waals surface area contributed by atoms with E-state index in [4.69, 9.17) is 25.8 Å². The highest BCUT2D eigenvalue weighted by Crippen LogP contribution is 2.26. The van der Waals surface area contributed by atoms with Crippen LogP contribution in [0.3, 0.4) is 0 Å². The monoisotopic (exact) mass is 348 g/mol. The highest BCUT2D eigenvalue weighted by atomic mass is 35.5. The number of hydrazone groups is 1. The Labute approximate surface area is 145 Å². The van der Waals surface area contributed by atoms with Crippen molar-refractivity contribution in [3.8, 4) is 17.2 Å². The fourth-order valence-electron chi connectivity index (χ4n) is 1.85. The zero-order valence-corrected chi connectivity index (χ0v) is 14.0. The molecule has 2 rings (SSSR count). The molecule has 2 aromatic carbocycles. The van der Waals surface area contributed by atoms with Crippen molar-refractivity contribution in [2.45, 2.75) is 0 Å². The third-order valence-corrected chi connectivity index (χ3v) is 3.21. The second-order valence-electron chi connectivity index (χ2n) is 4.65. The molecular formula is C17H17ClN2O4. The number of carbonyl (C=O) groups excluding carboxylic acids is 1. The van der Waals surface area contributed by atoms with Gasteiger partial charge in [-0.25, -0.2) is 5.43 Å². The first-order valence-electron chi connectivity index (χ1n) is 7.04. The third-order valence-electron chi connectivity index (χ3n) is 2.98. The molecule has 126 valence electrons. The second-order valence-corrected chi connectivity index (χ2v) is 5.09. The maximum atomic E-state index is 11.7. The van der Waals surface area contributed by atoms with Gasteiger partial charge in [-0.05, 0) is 42.0 Å². The minimum Gasteiger partial charge on any atom is -0.493 e. The van der Waals surface area contributed by atoms with E-state index < -0.39 is 0 Å². The average molecular weight is 349 g/mol. The van der Waals surface area contributed by atoms with Crippen molar-refractivity contribution in [3.05, 3.63) is 53.1 Å². The van der Waals surface area contributed by atoms with Gasteiger partial charge in [-0.15, -0.1) is 0 Å². The number of ether oxygens (including phenoxy) is 3. The molecule has 0 heterocycles. The van der Waals surface area contributed by atoms with Crippen molar-refractivity contribution in [3.63, 3.8) is 0 Å². The lowest BCUT2D eigenvalue weighted by Gasteiger charge is -2.07. The summed E-state index contributed by atoms with van der Waals surface area (Å²) in [5, 5.41) is 4.42. The summed E-state index contributed by atoms with van der Waals surface area (Å²) in [6.07, 6.45) is 1.50. The summed E-state index contributed by atoms with van der Waals surface area (Å²) in [5.74, 6) is 1.33. The number of hydrogen-bond acceptors (Lipinski definition) is 5. The Balaban J connectivity index is 1.86. The summed E-state index contributed by atoms with van der Waals surface area (Å²) in [7, 11) is 3.11. The Bertz CT molecular complexity index is 734. The largest absolute Gasteiger partial charge is 0.493 e.